The molecule has 0 aliphatic carbocycles. The van der Waals surface area contributed by atoms with Crippen LogP contribution in [0, 0.1) is 0 Å². The number of anilines is 1. The van der Waals surface area contributed by atoms with Crippen LogP contribution in [0.25, 0.3) is 0 Å². The summed E-state index contributed by atoms with van der Waals surface area (Å²) in [6.07, 6.45) is 2.14. The highest BCUT2D eigenvalue weighted by Gasteiger charge is 2.02. The molecule has 90 valence electrons. The minimum absolute atomic E-state index is 0.286. The van der Waals surface area contributed by atoms with Crippen LogP contribution in [0.1, 0.15) is 26.7 Å². The van der Waals surface area contributed by atoms with E-state index < -0.39 is 0 Å². The Morgan fingerprint density at radius 1 is 1.38 bits per heavy atom. The average molecular weight is 225 g/mol. The van der Waals surface area contributed by atoms with Crippen molar-refractivity contribution < 1.29 is 4.74 Å². The third kappa shape index (κ3) is 3.22. The fourth-order valence-corrected chi connectivity index (χ4v) is 1.13. The van der Waals surface area contributed by atoms with Gasteiger partial charge in [0.25, 0.3) is 0 Å². The minimum Gasteiger partial charge on any atom is -0.464 e. The molecule has 0 saturated heterocycles. The average Bonchev–Trinajstić information content (AvgIpc) is 2.25. The number of ether oxygens (including phenoxy) is 1. The van der Waals surface area contributed by atoms with E-state index in [1.807, 2.05) is 6.92 Å². The van der Waals surface area contributed by atoms with Gasteiger partial charge in [0.2, 0.25) is 11.6 Å². The predicted molar refractivity (Wildman–Crippen MR) is 61.9 cm³/mol. The maximum absolute atomic E-state index is 5.73. The fraction of sp³-hybridized carbons (Fsp3) is 0.700. The smallest absolute Gasteiger partial charge is 0.322 e. The lowest BCUT2D eigenvalue weighted by atomic mass is 10.3. The van der Waals surface area contributed by atoms with Gasteiger partial charge in [-0.25, -0.2) is 0 Å². The number of rotatable bonds is 5. The largest absolute Gasteiger partial charge is 0.464 e. The van der Waals surface area contributed by atoms with Crippen LogP contribution in [0.5, 0.6) is 6.01 Å². The molecule has 0 spiro atoms. The highest BCUT2D eigenvalue weighted by Crippen LogP contribution is 2.00. The number of hydrogen-bond acceptors (Lipinski definition) is 5. The molecule has 1 heterocycles. The molecule has 0 atom stereocenters. The highest BCUT2D eigenvalue weighted by molar-refractivity contribution is 5.17. The molecule has 0 amide bonds. The first kappa shape index (κ1) is 12.5. The van der Waals surface area contributed by atoms with E-state index in [4.69, 9.17) is 10.5 Å². The van der Waals surface area contributed by atoms with Gasteiger partial charge in [0.05, 0.1) is 6.61 Å². The van der Waals surface area contributed by atoms with Crippen LogP contribution in [0.3, 0.4) is 0 Å². The quantitative estimate of drug-likeness (QED) is 0.740. The van der Waals surface area contributed by atoms with Gasteiger partial charge in [-0.15, -0.1) is 0 Å². The maximum atomic E-state index is 5.73. The summed E-state index contributed by atoms with van der Waals surface area (Å²) < 4.78 is 6.86. The predicted octanol–water partition coefficient (Wildman–Crippen LogP) is 0.497. The third-order valence-corrected chi connectivity index (χ3v) is 2.09. The first-order chi connectivity index (χ1) is 7.69. The number of nitrogens with zero attached hydrogens (tertiary/aromatic N) is 4. The second-order valence-electron chi connectivity index (χ2n) is 3.39. The molecule has 0 radical (unpaired) electrons. The molecule has 1 aromatic rings. The van der Waals surface area contributed by atoms with Gasteiger partial charge in [0, 0.05) is 13.6 Å². The Morgan fingerprint density at radius 3 is 2.75 bits per heavy atom. The van der Waals surface area contributed by atoms with Gasteiger partial charge in [0.1, 0.15) is 0 Å². The van der Waals surface area contributed by atoms with Crippen LogP contribution < -0.4 is 16.1 Å². The first-order valence-corrected chi connectivity index (χ1v) is 5.52. The Kier molecular flexibility index (Phi) is 4.75. The van der Waals surface area contributed by atoms with E-state index in [9.17, 15) is 0 Å². The SMILES string of the molecule is CCCCN=c1nc(OCC)nc(N)n1C. The number of aromatic nitrogens is 3. The molecule has 0 aromatic carbocycles. The third-order valence-electron chi connectivity index (χ3n) is 2.09. The topological polar surface area (TPSA) is 78.3 Å². The monoisotopic (exact) mass is 225 g/mol. The van der Waals surface area contributed by atoms with Crippen molar-refractivity contribution in [3.05, 3.63) is 5.62 Å². The minimum atomic E-state index is 0.286. The van der Waals surface area contributed by atoms with Crippen LogP contribution >= 0.6 is 0 Å². The van der Waals surface area contributed by atoms with E-state index >= 15 is 0 Å². The van der Waals surface area contributed by atoms with Gasteiger partial charge in [0.15, 0.2) is 0 Å². The Balaban J connectivity index is 3.01. The van der Waals surface area contributed by atoms with Crippen molar-refractivity contribution in [2.75, 3.05) is 18.9 Å². The number of hydrogen-bond donors (Lipinski definition) is 1. The molecule has 0 aliphatic heterocycles. The zero-order chi connectivity index (χ0) is 12.0. The molecular formula is C10H19N5O. The number of nitrogens with two attached hydrogens (primary N) is 1. The second-order valence-corrected chi connectivity index (χ2v) is 3.39. The van der Waals surface area contributed by atoms with E-state index in [1.54, 1.807) is 11.6 Å². The van der Waals surface area contributed by atoms with E-state index in [0.29, 0.717) is 18.2 Å². The van der Waals surface area contributed by atoms with E-state index in [-0.39, 0.29) is 6.01 Å². The Bertz CT molecular complexity index is 399. The zero-order valence-electron chi connectivity index (χ0n) is 10.1. The Labute approximate surface area is 95.2 Å². The van der Waals surface area contributed by atoms with Gasteiger partial charge in [-0.05, 0) is 13.3 Å². The summed E-state index contributed by atoms with van der Waals surface area (Å²) >= 11 is 0. The van der Waals surface area contributed by atoms with Gasteiger partial charge in [-0.2, -0.15) is 9.97 Å². The van der Waals surface area contributed by atoms with Gasteiger partial charge < -0.3 is 10.5 Å². The molecule has 0 bridgehead atoms. The van der Waals surface area contributed by atoms with Crippen molar-refractivity contribution in [2.45, 2.75) is 26.7 Å². The summed E-state index contributed by atoms with van der Waals surface area (Å²) in [7, 11) is 1.79. The molecule has 6 heteroatoms. The summed E-state index contributed by atoms with van der Waals surface area (Å²) in [5, 5.41) is 0. The summed E-state index contributed by atoms with van der Waals surface area (Å²) in [5.41, 5.74) is 6.29. The van der Waals surface area contributed by atoms with Crippen molar-refractivity contribution >= 4 is 5.95 Å². The molecule has 0 aliphatic rings. The zero-order valence-corrected chi connectivity index (χ0v) is 10.1. The van der Waals surface area contributed by atoms with Crippen molar-refractivity contribution in [1.82, 2.24) is 14.5 Å². The van der Waals surface area contributed by atoms with Crippen molar-refractivity contribution in [1.29, 1.82) is 0 Å². The van der Waals surface area contributed by atoms with Crippen LogP contribution in [-0.4, -0.2) is 27.7 Å². The van der Waals surface area contributed by atoms with E-state index in [2.05, 4.69) is 21.9 Å². The number of unbranched alkanes of at least 4 members (excludes halogenated alkanes) is 1. The molecule has 1 aromatic heterocycles. The Morgan fingerprint density at radius 2 is 2.12 bits per heavy atom. The molecular weight excluding hydrogens is 206 g/mol. The number of nitrogen functional groups attached to an aromatic ring is 1. The molecule has 6 nitrogen and oxygen atoms in total. The van der Waals surface area contributed by atoms with E-state index in [0.717, 1.165) is 19.4 Å². The lowest BCUT2D eigenvalue weighted by molar-refractivity contribution is 0.308. The lowest BCUT2D eigenvalue weighted by Crippen LogP contribution is -2.27. The van der Waals surface area contributed by atoms with Crippen LogP contribution in [0.4, 0.5) is 5.95 Å². The summed E-state index contributed by atoms with van der Waals surface area (Å²) in [5.74, 6) is 0.355. The molecule has 0 saturated carbocycles. The van der Waals surface area contributed by atoms with E-state index in [1.165, 1.54) is 0 Å². The maximum Gasteiger partial charge on any atom is 0.322 e. The van der Waals surface area contributed by atoms with Gasteiger partial charge in [-0.1, -0.05) is 13.3 Å². The summed E-state index contributed by atoms with van der Waals surface area (Å²) in [6.45, 7) is 5.25. The van der Waals surface area contributed by atoms with Crippen molar-refractivity contribution in [2.24, 2.45) is 12.0 Å². The van der Waals surface area contributed by atoms with Gasteiger partial charge in [-0.3, -0.25) is 9.56 Å². The van der Waals surface area contributed by atoms with Gasteiger partial charge >= 0.3 is 6.01 Å². The van der Waals surface area contributed by atoms with Crippen LogP contribution in [0.15, 0.2) is 4.99 Å². The Hall–Kier alpha value is -1.59. The van der Waals surface area contributed by atoms with Crippen LogP contribution in [0.2, 0.25) is 0 Å². The molecule has 0 fully saturated rings. The van der Waals surface area contributed by atoms with Crippen LogP contribution in [-0.2, 0) is 7.05 Å². The van der Waals surface area contributed by atoms with Crippen molar-refractivity contribution in [3.63, 3.8) is 0 Å². The molecule has 2 N–H and O–H groups in total. The summed E-state index contributed by atoms with van der Waals surface area (Å²) in [6, 6.07) is 0.286. The fourth-order valence-electron chi connectivity index (χ4n) is 1.13. The second kappa shape index (κ2) is 6.09. The normalized spacial score (nSPS) is 11.8. The molecule has 1 rings (SSSR count). The molecule has 16 heavy (non-hydrogen) atoms. The lowest BCUT2D eigenvalue weighted by Gasteiger charge is -2.06. The summed E-state index contributed by atoms with van der Waals surface area (Å²) in [4.78, 5) is 12.5. The highest BCUT2D eigenvalue weighted by atomic mass is 16.5. The standard InChI is InChI=1S/C10H19N5O/c1-4-6-7-12-9-14-10(16-5-2)13-8(11)15(9)3/h4-7H2,1-3H3,(H2,11,12,13,14). The first-order valence-electron chi connectivity index (χ1n) is 5.52. The molecule has 0 unspecified atom stereocenters. The van der Waals surface area contributed by atoms with Crippen molar-refractivity contribution in [3.8, 4) is 6.01 Å².